The molecule has 0 heterocycles. The fourth-order valence-corrected chi connectivity index (χ4v) is 1.99. The molecular formula is C13H19NO3. The molecule has 0 bridgehead atoms. The van der Waals surface area contributed by atoms with Gasteiger partial charge in [0.05, 0.1) is 7.11 Å². The van der Waals surface area contributed by atoms with Gasteiger partial charge in [-0.3, -0.25) is 0 Å². The largest absolute Gasteiger partial charge is 0.496 e. The third-order valence-electron chi connectivity index (χ3n) is 3.08. The molecule has 0 radical (unpaired) electrons. The molecule has 0 spiro atoms. The second kappa shape index (κ2) is 5.57. The third-order valence-corrected chi connectivity index (χ3v) is 3.08. The molecular weight excluding hydrogens is 218 g/mol. The van der Waals surface area contributed by atoms with Crippen molar-refractivity contribution in [2.45, 2.75) is 27.2 Å². The summed E-state index contributed by atoms with van der Waals surface area (Å²) in [4.78, 5) is 10.4. The topological polar surface area (TPSA) is 58.6 Å². The summed E-state index contributed by atoms with van der Waals surface area (Å²) in [6, 6.07) is 2.00. The van der Waals surface area contributed by atoms with Crippen molar-refractivity contribution in [3.8, 4) is 5.75 Å². The van der Waals surface area contributed by atoms with Crippen LogP contribution in [0.3, 0.4) is 0 Å². The van der Waals surface area contributed by atoms with Crippen molar-refractivity contribution in [3.63, 3.8) is 0 Å². The maximum Gasteiger partial charge on any atom is 0.404 e. The molecule has 4 heteroatoms. The highest BCUT2D eigenvalue weighted by Gasteiger charge is 2.10. The van der Waals surface area contributed by atoms with E-state index >= 15 is 0 Å². The molecule has 0 saturated carbocycles. The highest BCUT2D eigenvalue weighted by molar-refractivity contribution is 5.64. The molecule has 94 valence electrons. The predicted molar refractivity (Wildman–Crippen MR) is 66.9 cm³/mol. The van der Waals surface area contributed by atoms with Gasteiger partial charge in [0.1, 0.15) is 5.75 Å². The van der Waals surface area contributed by atoms with Crippen LogP contribution >= 0.6 is 0 Å². The van der Waals surface area contributed by atoms with Gasteiger partial charge >= 0.3 is 6.09 Å². The van der Waals surface area contributed by atoms with Crippen molar-refractivity contribution in [1.29, 1.82) is 0 Å². The SMILES string of the molecule is COc1cc(C)c(CCNC(=O)O)c(C)c1C. The molecule has 0 unspecified atom stereocenters. The summed E-state index contributed by atoms with van der Waals surface area (Å²) in [6.07, 6.45) is -0.278. The van der Waals surface area contributed by atoms with Crippen LogP contribution in [-0.2, 0) is 6.42 Å². The van der Waals surface area contributed by atoms with Crippen molar-refractivity contribution in [2.75, 3.05) is 13.7 Å². The van der Waals surface area contributed by atoms with Crippen LogP contribution in [0.15, 0.2) is 6.07 Å². The fraction of sp³-hybridized carbons (Fsp3) is 0.462. The summed E-state index contributed by atoms with van der Waals surface area (Å²) in [5, 5.41) is 10.9. The van der Waals surface area contributed by atoms with Crippen LogP contribution in [0.4, 0.5) is 4.79 Å². The summed E-state index contributed by atoms with van der Waals surface area (Å²) < 4.78 is 5.29. The zero-order valence-electron chi connectivity index (χ0n) is 10.8. The molecule has 0 aliphatic carbocycles. The Labute approximate surface area is 102 Å². The van der Waals surface area contributed by atoms with E-state index < -0.39 is 6.09 Å². The number of amides is 1. The maximum absolute atomic E-state index is 10.4. The van der Waals surface area contributed by atoms with E-state index in [1.165, 1.54) is 11.1 Å². The Morgan fingerprint density at radius 2 is 2.00 bits per heavy atom. The predicted octanol–water partition coefficient (Wildman–Crippen LogP) is 2.43. The average molecular weight is 237 g/mol. The highest BCUT2D eigenvalue weighted by atomic mass is 16.5. The first-order valence-corrected chi connectivity index (χ1v) is 5.57. The van der Waals surface area contributed by atoms with Crippen molar-refractivity contribution in [3.05, 3.63) is 28.3 Å². The van der Waals surface area contributed by atoms with Gasteiger partial charge in [-0.15, -0.1) is 0 Å². The van der Waals surface area contributed by atoms with Gasteiger partial charge in [-0.25, -0.2) is 4.79 Å². The quantitative estimate of drug-likeness (QED) is 0.845. The van der Waals surface area contributed by atoms with Crippen LogP contribution in [0.2, 0.25) is 0 Å². The molecule has 2 N–H and O–H groups in total. The van der Waals surface area contributed by atoms with E-state index in [1.54, 1.807) is 7.11 Å². The first-order chi connectivity index (χ1) is 7.97. The first-order valence-electron chi connectivity index (χ1n) is 5.57. The van der Waals surface area contributed by atoms with Crippen molar-refractivity contribution >= 4 is 6.09 Å². The number of methoxy groups -OCH3 is 1. The maximum atomic E-state index is 10.4. The Kier molecular flexibility index (Phi) is 4.37. The van der Waals surface area contributed by atoms with Crippen LogP contribution in [-0.4, -0.2) is 24.9 Å². The van der Waals surface area contributed by atoms with E-state index in [0.29, 0.717) is 13.0 Å². The molecule has 17 heavy (non-hydrogen) atoms. The van der Waals surface area contributed by atoms with E-state index in [0.717, 1.165) is 16.9 Å². The standard InChI is InChI=1S/C13H19NO3/c1-8-7-12(17-4)10(3)9(2)11(8)5-6-14-13(15)16/h7,14H,5-6H2,1-4H3,(H,15,16). The van der Waals surface area contributed by atoms with Crippen LogP contribution in [0, 0.1) is 20.8 Å². The molecule has 0 aliphatic rings. The van der Waals surface area contributed by atoms with Gasteiger partial charge in [0.25, 0.3) is 0 Å². The monoisotopic (exact) mass is 237 g/mol. The molecule has 1 rings (SSSR count). The second-order valence-electron chi connectivity index (χ2n) is 4.11. The van der Waals surface area contributed by atoms with Crippen LogP contribution in [0.25, 0.3) is 0 Å². The lowest BCUT2D eigenvalue weighted by Crippen LogP contribution is -2.23. The number of carbonyl (C=O) groups is 1. The van der Waals surface area contributed by atoms with E-state index in [9.17, 15) is 4.79 Å². The summed E-state index contributed by atoms with van der Waals surface area (Å²) in [7, 11) is 1.66. The third kappa shape index (κ3) is 3.12. The average Bonchev–Trinajstić information content (AvgIpc) is 2.27. The molecule has 1 aromatic carbocycles. The Hall–Kier alpha value is -1.71. The van der Waals surface area contributed by atoms with Crippen LogP contribution in [0.5, 0.6) is 5.75 Å². The minimum absolute atomic E-state index is 0.433. The van der Waals surface area contributed by atoms with Crippen molar-refractivity contribution in [1.82, 2.24) is 5.32 Å². The van der Waals surface area contributed by atoms with E-state index in [2.05, 4.69) is 5.32 Å². The minimum Gasteiger partial charge on any atom is -0.496 e. The van der Waals surface area contributed by atoms with Crippen molar-refractivity contribution in [2.24, 2.45) is 0 Å². The Morgan fingerprint density at radius 1 is 1.35 bits per heavy atom. The summed E-state index contributed by atoms with van der Waals surface area (Å²) in [5.41, 5.74) is 4.62. The van der Waals surface area contributed by atoms with Gasteiger partial charge in [0.2, 0.25) is 0 Å². The lowest BCUT2D eigenvalue weighted by molar-refractivity contribution is 0.194. The summed E-state index contributed by atoms with van der Waals surface area (Å²) in [5.74, 6) is 0.884. The Bertz CT molecular complexity index is 427. The number of benzene rings is 1. The van der Waals surface area contributed by atoms with Gasteiger partial charge < -0.3 is 15.2 Å². The number of ether oxygens (including phenoxy) is 1. The lowest BCUT2D eigenvalue weighted by atomic mass is 9.95. The number of hydrogen-bond donors (Lipinski definition) is 2. The number of nitrogens with one attached hydrogen (secondary N) is 1. The molecule has 0 aliphatic heterocycles. The Morgan fingerprint density at radius 3 is 2.53 bits per heavy atom. The van der Waals surface area contributed by atoms with E-state index in [4.69, 9.17) is 9.84 Å². The number of rotatable bonds is 4. The molecule has 0 saturated heterocycles. The second-order valence-corrected chi connectivity index (χ2v) is 4.11. The van der Waals surface area contributed by atoms with Gasteiger partial charge in [-0.2, -0.15) is 0 Å². The highest BCUT2D eigenvalue weighted by Crippen LogP contribution is 2.27. The van der Waals surface area contributed by atoms with Crippen LogP contribution < -0.4 is 10.1 Å². The number of aryl methyl sites for hydroxylation is 1. The minimum atomic E-state index is -0.981. The molecule has 0 fully saturated rings. The molecule has 1 aromatic rings. The molecule has 1 amide bonds. The first kappa shape index (κ1) is 13.4. The van der Waals surface area contributed by atoms with E-state index in [-0.39, 0.29) is 0 Å². The van der Waals surface area contributed by atoms with Gasteiger partial charge in [-0.1, -0.05) is 0 Å². The van der Waals surface area contributed by atoms with E-state index in [1.807, 2.05) is 26.8 Å². The number of hydrogen-bond acceptors (Lipinski definition) is 2. The zero-order valence-corrected chi connectivity index (χ0v) is 10.8. The number of carboxylic acid groups (broad SMARTS) is 1. The Balaban J connectivity index is 2.92. The summed E-state index contributed by atoms with van der Waals surface area (Å²) in [6.45, 7) is 6.51. The van der Waals surface area contributed by atoms with Gasteiger partial charge in [0, 0.05) is 6.54 Å². The van der Waals surface area contributed by atoms with Gasteiger partial charge in [-0.05, 0) is 55.5 Å². The normalized spacial score (nSPS) is 10.1. The zero-order chi connectivity index (χ0) is 13.0. The van der Waals surface area contributed by atoms with Crippen molar-refractivity contribution < 1.29 is 14.6 Å². The van der Waals surface area contributed by atoms with Gasteiger partial charge in [0.15, 0.2) is 0 Å². The molecule has 4 nitrogen and oxygen atoms in total. The molecule has 0 aromatic heterocycles. The summed E-state index contributed by atoms with van der Waals surface area (Å²) >= 11 is 0. The fourth-order valence-electron chi connectivity index (χ4n) is 1.99. The smallest absolute Gasteiger partial charge is 0.404 e. The lowest BCUT2D eigenvalue weighted by Gasteiger charge is -2.15. The van der Waals surface area contributed by atoms with Crippen LogP contribution in [0.1, 0.15) is 22.3 Å². The molecule has 0 atom stereocenters.